The van der Waals surface area contributed by atoms with Gasteiger partial charge in [-0.2, -0.15) is 31.3 Å². The van der Waals surface area contributed by atoms with Gasteiger partial charge in [0.25, 0.3) is 5.91 Å². The fourth-order valence-electron chi connectivity index (χ4n) is 3.65. The van der Waals surface area contributed by atoms with Crippen molar-refractivity contribution >= 4 is 17.6 Å². The molecule has 31 heavy (non-hydrogen) atoms. The highest BCUT2D eigenvalue weighted by atomic mass is 19.4. The number of piperidine rings is 1. The molecule has 2 aliphatic heterocycles. The average molecular weight is 452 g/mol. The molecule has 1 saturated heterocycles. The number of hydrogen-bond donors (Lipinski definition) is 3. The van der Waals surface area contributed by atoms with Gasteiger partial charge in [0.1, 0.15) is 5.84 Å². The predicted molar refractivity (Wildman–Crippen MR) is 95.4 cm³/mol. The minimum absolute atomic E-state index is 0.175. The second-order valence-corrected chi connectivity index (χ2v) is 7.29. The summed E-state index contributed by atoms with van der Waals surface area (Å²) in [6, 6.07) is 1.93. The second kappa shape index (κ2) is 7.66. The molecule has 1 aromatic rings. The SMILES string of the molecule is NC1=NC(=O)CC(O)(C(F)(F)F)C1=C(N)C1CCN(c2ccc(C(F)(F)F)nn2)CC1. The number of rotatable bonds is 2. The van der Waals surface area contributed by atoms with Gasteiger partial charge in [0.15, 0.2) is 17.1 Å². The number of nitrogens with zero attached hydrogens (tertiary/aromatic N) is 4. The highest BCUT2D eigenvalue weighted by Gasteiger charge is 2.60. The predicted octanol–water partition coefficient (Wildman–Crippen LogP) is 1.51. The summed E-state index contributed by atoms with van der Waals surface area (Å²) < 4.78 is 78.4. The first-order chi connectivity index (χ1) is 14.2. The highest BCUT2D eigenvalue weighted by Crippen LogP contribution is 2.43. The van der Waals surface area contributed by atoms with E-state index in [1.54, 1.807) is 4.90 Å². The molecule has 0 aromatic carbocycles. The van der Waals surface area contributed by atoms with Crippen LogP contribution in [0.1, 0.15) is 25.0 Å². The molecule has 1 atom stereocenters. The van der Waals surface area contributed by atoms with Gasteiger partial charge < -0.3 is 21.5 Å². The molecular weight excluding hydrogens is 434 g/mol. The number of hydrogen-bond acceptors (Lipinski definition) is 7. The lowest BCUT2D eigenvalue weighted by Gasteiger charge is -2.38. The molecule has 0 radical (unpaired) electrons. The normalized spacial score (nSPS) is 25.5. The van der Waals surface area contributed by atoms with E-state index >= 15 is 0 Å². The van der Waals surface area contributed by atoms with Crippen LogP contribution in [-0.2, 0) is 11.0 Å². The van der Waals surface area contributed by atoms with Crippen LogP contribution < -0.4 is 16.4 Å². The van der Waals surface area contributed by atoms with Gasteiger partial charge in [-0.05, 0) is 25.0 Å². The number of nitrogens with two attached hydrogens (primary N) is 2. The summed E-state index contributed by atoms with van der Waals surface area (Å²) in [6.45, 7) is 0.415. The van der Waals surface area contributed by atoms with Crippen molar-refractivity contribution in [3.63, 3.8) is 0 Å². The van der Waals surface area contributed by atoms with Gasteiger partial charge in [-0.25, -0.2) is 0 Å². The van der Waals surface area contributed by atoms with E-state index in [0.717, 1.165) is 12.1 Å². The van der Waals surface area contributed by atoms with E-state index in [1.165, 1.54) is 0 Å². The molecule has 0 bridgehead atoms. The Morgan fingerprint density at radius 3 is 2.23 bits per heavy atom. The van der Waals surface area contributed by atoms with Crippen molar-refractivity contribution in [1.29, 1.82) is 0 Å². The Kier molecular flexibility index (Phi) is 5.63. The summed E-state index contributed by atoms with van der Waals surface area (Å²) in [5.41, 5.74) is 5.64. The molecule has 1 amide bonds. The van der Waals surface area contributed by atoms with E-state index in [2.05, 4.69) is 15.2 Å². The van der Waals surface area contributed by atoms with E-state index in [1.807, 2.05) is 0 Å². The number of carbonyl (C=O) groups excluding carboxylic acids is 1. The number of alkyl halides is 6. The molecule has 170 valence electrons. The van der Waals surface area contributed by atoms with E-state index in [9.17, 15) is 36.2 Å². The third kappa shape index (κ3) is 4.29. The average Bonchev–Trinajstić information content (AvgIpc) is 2.66. The number of allylic oxidation sites excluding steroid dienone is 1. The summed E-state index contributed by atoms with van der Waals surface area (Å²) in [6.07, 6.45) is -10.8. The monoisotopic (exact) mass is 452 g/mol. The van der Waals surface area contributed by atoms with Crippen LogP contribution in [0.25, 0.3) is 0 Å². The number of aliphatic imine (C=N–C) groups is 1. The molecular formula is C17H18F6N6O2. The maximum absolute atomic E-state index is 13.5. The molecule has 0 saturated carbocycles. The van der Waals surface area contributed by atoms with Gasteiger partial charge >= 0.3 is 12.4 Å². The highest BCUT2D eigenvalue weighted by molar-refractivity contribution is 6.09. The minimum atomic E-state index is -5.21. The third-order valence-corrected chi connectivity index (χ3v) is 5.28. The molecule has 2 aliphatic rings. The molecule has 3 heterocycles. The molecule has 1 unspecified atom stereocenters. The van der Waals surface area contributed by atoms with Gasteiger partial charge in [-0.3, -0.25) is 4.79 Å². The smallest absolute Gasteiger partial charge is 0.401 e. The van der Waals surface area contributed by atoms with Crippen LogP contribution in [0.4, 0.5) is 32.2 Å². The van der Waals surface area contributed by atoms with E-state index < -0.39 is 53.3 Å². The Morgan fingerprint density at radius 2 is 1.74 bits per heavy atom. The summed E-state index contributed by atoms with van der Waals surface area (Å²) in [5, 5.41) is 17.0. The van der Waals surface area contributed by atoms with Crippen molar-refractivity contribution in [3.05, 3.63) is 29.1 Å². The zero-order valence-corrected chi connectivity index (χ0v) is 15.8. The molecule has 0 aliphatic carbocycles. The lowest BCUT2D eigenvalue weighted by Crippen LogP contribution is -2.55. The van der Waals surface area contributed by atoms with Crippen LogP contribution in [0.3, 0.4) is 0 Å². The Labute approximate surface area is 171 Å². The zero-order valence-electron chi connectivity index (χ0n) is 15.8. The largest absolute Gasteiger partial charge is 0.435 e. The number of amides is 1. The lowest BCUT2D eigenvalue weighted by atomic mass is 9.80. The summed E-state index contributed by atoms with van der Waals surface area (Å²) in [5.74, 6) is -2.47. The van der Waals surface area contributed by atoms with E-state index in [4.69, 9.17) is 11.5 Å². The van der Waals surface area contributed by atoms with Crippen molar-refractivity contribution in [2.75, 3.05) is 18.0 Å². The summed E-state index contributed by atoms with van der Waals surface area (Å²) in [7, 11) is 0. The van der Waals surface area contributed by atoms with Crippen LogP contribution in [-0.4, -0.2) is 51.9 Å². The van der Waals surface area contributed by atoms with Gasteiger partial charge in [0, 0.05) is 24.7 Å². The lowest BCUT2D eigenvalue weighted by molar-refractivity contribution is -0.244. The van der Waals surface area contributed by atoms with E-state index in [-0.39, 0.29) is 37.4 Å². The van der Waals surface area contributed by atoms with Crippen molar-refractivity contribution < 1.29 is 36.2 Å². The van der Waals surface area contributed by atoms with Crippen LogP contribution in [0.2, 0.25) is 0 Å². The molecule has 0 spiro atoms. The standard InChI is InChI=1S/C17H18F6N6O2/c18-16(19,20)9-1-2-10(28-27-9)29-5-3-8(4-6-29)13(24)12-14(25)26-11(30)7-15(12,31)17(21,22)23/h1-2,8,31H,3-7,24H2,(H2,25,26,30). The number of aromatic nitrogens is 2. The first kappa shape index (κ1) is 22.8. The molecule has 1 fully saturated rings. The Balaban J connectivity index is 1.81. The molecule has 8 nitrogen and oxygen atoms in total. The molecule has 1 aromatic heterocycles. The Morgan fingerprint density at radius 1 is 1.13 bits per heavy atom. The Hall–Kier alpha value is -2.90. The number of carbonyl (C=O) groups is 1. The number of aliphatic hydroxyl groups is 1. The van der Waals surface area contributed by atoms with E-state index in [0.29, 0.717) is 0 Å². The summed E-state index contributed by atoms with van der Waals surface area (Å²) >= 11 is 0. The Bertz CT molecular complexity index is 919. The number of amidine groups is 1. The van der Waals surface area contributed by atoms with Gasteiger partial charge in [-0.1, -0.05) is 0 Å². The van der Waals surface area contributed by atoms with Gasteiger partial charge in [0.05, 0.1) is 12.0 Å². The van der Waals surface area contributed by atoms with Gasteiger partial charge in [0.2, 0.25) is 0 Å². The van der Waals surface area contributed by atoms with Crippen LogP contribution in [0.5, 0.6) is 0 Å². The quantitative estimate of drug-likeness (QED) is 0.580. The fourth-order valence-corrected chi connectivity index (χ4v) is 3.65. The molecule has 14 heteroatoms. The van der Waals surface area contributed by atoms with Crippen LogP contribution >= 0.6 is 0 Å². The fraction of sp³-hybridized carbons (Fsp3) is 0.529. The zero-order chi connectivity index (χ0) is 23.2. The van der Waals surface area contributed by atoms with Crippen molar-refractivity contribution in [3.8, 4) is 0 Å². The van der Waals surface area contributed by atoms with Gasteiger partial charge in [-0.15, -0.1) is 10.2 Å². The minimum Gasteiger partial charge on any atom is -0.401 e. The maximum Gasteiger partial charge on any atom is 0.435 e. The third-order valence-electron chi connectivity index (χ3n) is 5.28. The van der Waals surface area contributed by atoms with Crippen LogP contribution in [0.15, 0.2) is 28.4 Å². The van der Waals surface area contributed by atoms with Crippen molar-refractivity contribution in [2.45, 2.75) is 37.2 Å². The first-order valence-electron chi connectivity index (χ1n) is 9.06. The number of halogens is 6. The summed E-state index contributed by atoms with van der Waals surface area (Å²) in [4.78, 5) is 16.4. The first-order valence-corrected chi connectivity index (χ1v) is 9.06. The van der Waals surface area contributed by atoms with Crippen molar-refractivity contribution in [1.82, 2.24) is 10.2 Å². The number of anilines is 1. The topological polar surface area (TPSA) is 131 Å². The second-order valence-electron chi connectivity index (χ2n) is 7.29. The van der Waals surface area contributed by atoms with Crippen LogP contribution in [0, 0.1) is 5.92 Å². The maximum atomic E-state index is 13.5. The van der Waals surface area contributed by atoms with Crippen molar-refractivity contribution in [2.24, 2.45) is 22.4 Å². The molecule has 3 rings (SSSR count). The molecule has 5 N–H and O–H groups in total.